The molecule has 14 heavy (non-hydrogen) atoms. The molecule has 0 atom stereocenters. The summed E-state index contributed by atoms with van der Waals surface area (Å²) >= 11 is 0. The number of hydrogen-bond donors (Lipinski definition) is 1. The van der Waals surface area contributed by atoms with E-state index in [1.165, 1.54) is 38.6 Å². The average molecular weight is 201 g/mol. The highest BCUT2D eigenvalue weighted by Gasteiger charge is 1.93. The van der Waals surface area contributed by atoms with Gasteiger partial charge in [-0.3, -0.25) is 0 Å². The summed E-state index contributed by atoms with van der Waals surface area (Å²) in [4.78, 5) is 0. The first kappa shape index (κ1) is 13.9. The van der Waals surface area contributed by atoms with Crippen LogP contribution in [0.1, 0.15) is 46.0 Å². The van der Waals surface area contributed by atoms with Gasteiger partial charge in [0.1, 0.15) is 0 Å². The summed E-state index contributed by atoms with van der Waals surface area (Å²) in [6.07, 6.45) is 6.56. The molecule has 0 aromatic rings. The second-order valence-corrected chi connectivity index (χ2v) is 4.36. The summed E-state index contributed by atoms with van der Waals surface area (Å²) in [6.45, 7) is 7.76. The van der Waals surface area contributed by atoms with Crippen molar-refractivity contribution in [2.24, 2.45) is 5.92 Å². The molecule has 0 aliphatic carbocycles. The molecule has 0 bridgehead atoms. The Morgan fingerprint density at radius 1 is 1.00 bits per heavy atom. The predicted octanol–water partition coefficient (Wildman–Crippen LogP) is 2.83. The molecule has 0 heterocycles. The summed E-state index contributed by atoms with van der Waals surface area (Å²) < 4.78 is 5.00. The van der Waals surface area contributed by atoms with E-state index >= 15 is 0 Å². The highest BCUT2D eigenvalue weighted by molar-refractivity contribution is 4.52. The number of hydrogen-bond acceptors (Lipinski definition) is 2. The van der Waals surface area contributed by atoms with Crippen LogP contribution >= 0.6 is 0 Å². The SMILES string of the molecule is COCCCCCCCNCC(C)C. The van der Waals surface area contributed by atoms with Crippen LogP contribution in [-0.2, 0) is 4.74 Å². The van der Waals surface area contributed by atoms with Gasteiger partial charge >= 0.3 is 0 Å². The van der Waals surface area contributed by atoms with E-state index in [9.17, 15) is 0 Å². The molecule has 0 spiro atoms. The number of rotatable bonds is 10. The molecule has 86 valence electrons. The molecule has 1 N–H and O–H groups in total. The fourth-order valence-electron chi connectivity index (χ4n) is 1.42. The smallest absolute Gasteiger partial charge is 0.0462 e. The van der Waals surface area contributed by atoms with Gasteiger partial charge in [0, 0.05) is 13.7 Å². The summed E-state index contributed by atoms with van der Waals surface area (Å²) in [6, 6.07) is 0. The Balaban J connectivity index is 2.85. The number of ether oxygens (including phenoxy) is 1. The monoisotopic (exact) mass is 201 g/mol. The molecule has 0 radical (unpaired) electrons. The van der Waals surface area contributed by atoms with Crippen molar-refractivity contribution in [1.29, 1.82) is 0 Å². The van der Waals surface area contributed by atoms with Gasteiger partial charge in [0.2, 0.25) is 0 Å². The Morgan fingerprint density at radius 2 is 1.64 bits per heavy atom. The third-order valence-electron chi connectivity index (χ3n) is 2.25. The summed E-state index contributed by atoms with van der Waals surface area (Å²) in [7, 11) is 1.77. The van der Waals surface area contributed by atoms with Crippen LogP contribution in [0.25, 0.3) is 0 Å². The molecule has 0 aliphatic rings. The summed E-state index contributed by atoms with van der Waals surface area (Å²) in [5.74, 6) is 0.775. The minimum atomic E-state index is 0.775. The van der Waals surface area contributed by atoms with Crippen molar-refractivity contribution in [2.45, 2.75) is 46.0 Å². The molecule has 0 rings (SSSR count). The van der Waals surface area contributed by atoms with Gasteiger partial charge in [-0.15, -0.1) is 0 Å². The average Bonchev–Trinajstić information content (AvgIpc) is 2.15. The Hall–Kier alpha value is -0.0800. The first-order chi connectivity index (χ1) is 6.77. The highest BCUT2D eigenvalue weighted by atomic mass is 16.5. The lowest BCUT2D eigenvalue weighted by atomic mass is 10.1. The van der Waals surface area contributed by atoms with E-state index in [0.29, 0.717) is 0 Å². The molecule has 0 aliphatic heterocycles. The third kappa shape index (κ3) is 11.9. The van der Waals surface area contributed by atoms with Crippen LogP contribution in [0, 0.1) is 5.92 Å². The van der Waals surface area contributed by atoms with Gasteiger partial charge in [-0.05, 0) is 31.8 Å². The van der Waals surface area contributed by atoms with E-state index in [-0.39, 0.29) is 0 Å². The maximum atomic E-state index is 5.00. The van der Waals surface area contributed by atoms with Gasteiger partial charge in [0.05, 0.1) is 0 Å². The van der Waals surface area contributed by atoms with Crippen molar-refractivity contribution in [3.05, 3.63) is 0 Å². The van der Waals surface area contributed by atoms with E-state index in [1.54, 1.807) is 7.11 Å². The van der Waals surface area contributed by atoms with Gasteiger partial charge < -0.3 is 10.1 Å². The van der Waals surface area contributed by atoms with E-state index in [1.807, 2.05) is 0 Å². The van der Waals surface area contributed by atoms with Crippen LogP contribution in [-0.4, -0.2) is 26.8 Å². The topological polar surface area (TPSA) is 21.3 Å². The largest absolute Gasteiger partial charge is 0.385 e. The first-order valence-corrected chi connectivity index (χ1v) is 5.97. The lowest BCUT2D eigenvalue weighted by molar-refractivity contribution is 0.192. The number of methoxy groups -OCH3 is 1. The van der Waals surface area contributed by atoms with Crippen LogP contribution in [0.15, 0.2) is 0 Å². The van der Waals surface area contributed by atoms with Crippen molar-refractivity contribution in [3.8, 4) is 0 Å². The molecule has 0 aromatic carbocycles. The quantitative estimate of drug-likeness (QED) is 0.549. The lowest BCUT2D eigenvalue weighted by Crippen LogP contribution is -2.20. The van der Waals surface area contributed by atoms with E-state index in [4.69, 9.17) is 4.74 Å². The molecule has 0 fully saturated rings. The van der Waals surface area contributed by atoms with E-state index in [2.05, 4.69) is 19.2 Å². The third-order valence-corrected chi connectivity index (χ3v) is 2.25. The first-order valence-electron chi connectivity index (χ1n) is 5.97. The molecule has 2 nitrogen and oxygen atoms in total. The fourth-order valence-corrected chi connectivity index (χ4v) is 1.42. The minimum Gasteiger partial charge on any atom is -0.385 e. The molecule has 0 aromatic heterocycles. The number of unbranched alkanes of at least 4 members (excludes halogenated alkanes) is 4. The Morgan fingerprint density at radius 3 is 2.29 bits per heavy atom. The molecule has 0 amide bonds. The maximum absolute atomic E-state index is 5.00. The number of nitrogens with one attached hydrogen (secondary N) is 1. The van der Waals surface area contributed by atoms with Crippen molar-refractivity contribution in [3.63, 3.8) is 0 Å². The van der Waals surface area contributed by atoms with E-state index in [0.717, 1.165) is 19.1 Å². The predicted molar refractivity (Wildman–Crippen MR) is 62.7 cm³/mol. The van der Waals surface area contributed by atoms with Crippen LogP contribution < -0.4 is 5.32 Å². The maximum Gasteiger partial charge on any atom is 0.0462 e. The summed E-state index contributed by atoms with van der Waals surface area (Å²) in [5, 5.41) is 3.46. The molecule has 0 saturated carbocycles. The highest BCUT2D eigenvalue weighted by Crippen LogP contribution is 2.02. The Bertz CT molecular complexity index is 104. The normalized spacial score (nSPS) is 11.1. The van der Waals surface area contributed by atoms with Gasteiger partial charge in [-0.25, -0.2) is 0 Å². The van der Waals surface area contributed by atoms with Crippen LogP contribution in [0.5, 0.6) is 0 Å². The standard InChI is InChI=1S/C12H27NO/c1-12(2)11-13-9-7-5-4-6-8-10-14-3/h12-13H,4-11H2,1-3H3. The van der Waals surface area contributed by atoms with Gasteiger partial charge in [-0.2, -0.15) is 0 Å². The zero-order valence-electron chi connectivity index (χ0n) is 10.1. The second-order valence-electron chi connectivity index (χ2n) is 4.36. The van der Waals surface area contributed by atoms with Crippen LogP contribution in [0.4, 0.5) is 0 Å². The van der Waals surface area contributed by atoms with Crippen molar-refractivity contribution >= 4 is 0 Å². The van der Waals surface area contributed by atoms with Crippen molar-refractivity contribution in [1.82, 2.24) is 5.32 Å². The fraction of sp³-hybridized carbons (Fsp3) is 1.00. The Labute approximate surface area is 89.4 Å². The lowest BCUT2D eigenvalue weighted by Gasteiger charge is -2.06. The zero-order valence-corrected chi connectivity index (χ0v) is 10.1. The molecule has 2 heteroatoms. The summed E-state index contributed by atoms with van der Waals surface area (Å²) in [5.41, 5.74) is 0. The zero-order chi connectivity index (χ0) is 10.6. The Kier molecular flexibility index (Phi) is 10.9. The van der Waals surface area contributed by atoms with Crippen LogP contribution in [0.2, 0.25) is 0 Å². The second kappa shape index (κ2) is 11.0. The van der Waals surface area contributed by atoms with E-state index < -0.39 is 0 Å². The van der Waals surface area contributed by atoms with Crippen molar-refractivity contribution < 1.29 is 4.74 Å². The van der Waals surface area contributed by atoms with Gasteiger partial charge in [-0.1, -0.05) is 33.1 Å². The molecule has 0 unspecified atom stereocenters. The molecular weight excluding hydrogens is 174 g/mol. The van der Waals surface area contributed by atoms with Gasteiger partial charge in [0.15, 0.2) is 0 Å². The minimum absolute atomic E-state index is 0.775. The van der Waals surface area contributed by atoms with Crippen molar-refractivity contribution in [2.75, 3.05) is 26.8 Å². The molecular formula is C12H27NO. The van der Waals surface area contributed by atoms with Gasteiger partial charge in [0.25, 0.3) is 0 Å². The molecule has 0 saturated heterocycles. The van der Waals surface area contributed by atoms with Crippen LogP contribution in [0.3, 0.4) is 0 Å².